The van der Waals surface area contributed by atoms with Gasteiger partial charge >= 0.3 is 0 Å². The van der Waals surface area contributed by atoms with Crippen LogP contribution in [0, 0.1) is 0 Å². The lowest BCUT2D eigenvalue weighted by Crippen LogP contribution is -2.45. The van der Waals surface area contributed by atoms with Crippen molar-refractivity contribution < 1.29 is 9.59 Å². The molecule has 2 N–H and O–H groups in total. The number of nitrogens with zero attached hydrogens (tertiary/aromatic N) is 1. The molecule has 0 saturated heterocycles. The van der Waals surface area contributed by atoms with Crippen LogP contribution in [0.3, 0.4) is 0 Å². The number of hydrogen-bond donors (Lipinski definition) is 2. The summed E-state index contributed by atoms with van der Waals surface area (Å²) in [6, 6.07) is 20.1. The van der Waals surface area contributed by atoms with Crippen LogP contribution in [0.5, 0.6) is 0 Å². The van der Waals surface area contributed by atoms with Gasteiger partial charge in [0.2, 0.25) is 5.91 Å². The van der Waals surface area contributed by atoms with Crippen molar-refractivity contribution in [3.63, 3.8) is 0 Å². The van der Waals surface area contributed by atoms with Gasteiger partial charge in [0, 0.05) is 29.2 Å². The Balaban J connectivity index is 1.53. The summed E-state index contributed by atoms with van der Waals surface area (Å²) in [6.07, 6.45) is 2.15. The maximum atomic E-state index is 13.1. The Morgan fingerprint density at radius 2 is 1.80 bits per heavy atom. The van der Waals surface area contributed by atoms with E-state index < -0.39 is 6.04 Å². The number of thiazole rings is 1. The number of rotatable bonds is 7. The van der Waals surface area contributed by atoms with E-state index in [-0.39, 0.29) is 11.8 Å². The first-order valence-corrected chi connectivity index (χ1v) is 11.1. The van der Waals surface area contributed by atoms with Crippen LogP contribution < -0.4 is 10.6 Å². The summed E-state index contributed by atoms with van der Waals surface area (Å²) in [5.41, 5.74) is 2.57. The van der Waals surface area contributed by atoms with Gasteiger partial charge < -0.3 is 10.6 Å². The van der Waals surface area contributed by atoms with Crippen LogP contribution in [0.4, 0.5) is 5.69 Å². The molecular formula is C23H19N3O2S2. The molecule has 5 nitrogen and oxygen atoms in total. The summed E-state index contributed by atoms with van der Waals surface area (Å²) in [5, 5.41) is 10.5. The number of amides is 2. The summed E-state index contributed by atoms with van der Waals surface area (Å²) in [5.74, 6) is -0.516. The van der Waals surface area contributed by atoms with Gasteiger partial charge in [0.25, 0.3) is 5.91 Å². The highest BCUT2D eigenvalue weighted by atomic mass is 32.1. The minimum atomic E-state index is -0.703. The Morgan fingerprint density at radius 1 is 0.933 bits per heavy atom. The van der Waals surface area contributed by atoms with Crippen LogP contribution in [0.15, 0.2) is 83.7 Å². The Hall–Kier alpha value is -3.29. The summed E-state index contributed by atoms with van der Waals surface area (Å²) >= 11 is 2.88. The van der Waals surface area contributed by atoms with Gasteiger partial charge in [-0.1, -0.05) is 48.5 Å². The van der Waals surface area contributed by atoms with E-state index in [2.05, 4.69) is 15.6 Å². The normalized spacial score (nSPS) is 11.6. The second kappa shape index (κ2) is 9.47. The molecule has 2 amide bonds. The first kappa shape index (κ1) is 20.0. The molecule has 0 spiro atoms. The summed E-state index contributed by atoms with van der Waals surface area (Å²) in [4.78, 5) is 30.6. The molecule has 2 aromatic heterocycles. The van der Waals surface area contributed by atoms with E-state index in [0.717, 1.165) is 16.1 Å². The van der Waals surface area contributed by atoms with Gasteiger partial charge in [0.05, 0.1) is 4.88 Å². The summed E-state index contributed by atoms with van der Waals surface area (Å²) in [7, 11) is 0. The van der Waals surface area contributed by atoms with Crippen molar-refractivity contribution >= 4 is 40.2 Å². The maximum absolute atomic E-state index is 13.1. The number of thiophene rings is 1. The first-order chi connectivity index (χ1) is 14.7. The fourth-order valence-corrected chi connectivity index (χ4v) is 4.28. The van der Waals surface area contributed by atoms with Gasteiger partial charge in [-0.25, -0.2) is 4.98 Å². The zero-order chi connectivity index (χ0) is 20.8. The van der Waals surface area contributed by atoms with E-state index in [1.807, 2.05) is 71.4 Å². The summed E-state index contributed by atoms with van der Waals surface area (Å²) < 4.78 is 0. The monoisotopic (exact) mass is 433 g/mol. The van der Waals surface area contributed by atoms with Crippen molar-refractivity contribution in [3.8, 4) is 10.6 Å². The third kappa shape index (κ3) is 5.00. The smallest absolute Gasteiger partial charge is 0.262 e. The Morgan fingerprint density at radius 3 is 2.53 bits per heavy atom. The minimum Gasteiger partial charge on any atom is -0.339 e. The van der Waals surface area contributed by atoms with E-state index in [0.29, 0.717) is 17.0 Å². The molecule has 4 aromatic rings. The maximum Gasteiger partial charge on any atom is 0.262 e. The highest BCUT2D eigenvalue weighted by Crippen LogP contribution is 2.24. The molecule has 7 heteroatoms. The fraction of sp³-hybridized carbons (Fsp3) is 0.0870. The zero-order valence-corrected chi connectivity index (χ0v) is 17.6. The molecule has 0 radical (unpaired) electrons. The Labute approximate surface area is 182 Å². The quantitative estimate of drug-likeness (QED) is 0.438. The topological polar surface area (TPSA) is 71.1 Å². The second-order valence-electron chi connectivity index (χ2n) is 6.60. The molecule has 0 fully saturated rings. The lowest BCUT2D eigenvalue weighted by molar-refractivity contribution is -0.118. The van der Waals surface area contributed by atoms with Gasteiger partial charge in [0.15, 0.2) is 0 Å². The SMILES string of the molecule is O=C(NC(Cc1ccccc1)C(=O)Nc1cccc(-c2nccs2)c1)c1cccs1. The van der Waals surface area contributed by atoms with Crippen LogP contribution in [-0.4, -0.2) is 22.8 Å². The van der Waals surface area contributed by atoms with E-state index in [1.165, 1.54) is 22.7 Å². The number of anilines is 1. The zero-order valence-electron chi connectivity index (χ0n) is 15.9. The van der Waals surface area contributed by atoms with E-state index in [4.69, 9.17) is 0 Å². The van der Waals surface area contributed by atoms with E-state index in [1.54, 1.807) is 12.3 Å². The van der Waals surface area contributed by atoms with Gasteiger partial charge in [-0.05, 0) is 29.1 Å². The van der Waals surface area contributed by atoms with Crippen molar-refractivity contribution in [2.45, 2.75) is 12.5 Å². The van der Waals surface area contributed by atoms with Gasteiger partial charge in [-0.15, -0.1) is 22.7 Å². The van der Waals surface area contributed by atoms with Crippen LogP contribution in [-0.2, 0) is 11.2 Å². The van der Waals surface area contributed by atoms with E-state index >= 15 is 0 Å². The summed E-state index contributed by atoms with van der Waals surface area (Å²) in [6.45, 7) is 0. The van der Waals surface area contributed by atoms with E-state index in [9.17, 15) is 9.59 Å². The second-order valence-corrected chi connectivity index (χ2v) is 8.44. The molecule has 0 aliphatic carbocycles. The molecule has 0 saturated carbocycles. The molecule has 0 aliphatic rings. The lowest BCUT2D eigenvalue weighted by atomic mass is 10.0. The minimum absolute atomic E-state index is 0.252. The highest BCUT2D eigenvalue weighted by Gasteiger charge is 2.22. The third-order valence-electron chi connectivity index (χ3n) is 4.46. The van der Waals surface area contributed by atoms with Gasteiger partial charge in [-0.2, -0.15) is 0 Å². The van der Waals surface area contributed by atoms with Crippen LogP contribution in [0.1, 0.15) is 15.2 Å². The van der Waals surface area contributed by atoms with Crippen molar-refractivity contribution in [2.75, 3.05) is 5.32 Å². The molecule has 0 aliphatic heterocycles. The Bertz CT molecular complexity index is 1110. The Kier molecular flexibility index (Phi) is 6.32. The highest BCUT2D eigenvalue weighted by molar-refractivity contribution is 7.13. The number of nitrogens with one attached hydrogen (secondary N) is 2. The predicted molar refractivity (Wildman–Crippen MR) is 122 cm³/mol. The number of carbonyl (C=O) groups is 2. The number of hydrogen-bond acceptors (Lipinski definition) is 5. The molecule has 2 heterocycles. The molecule has 2 aromatic carbocycles. The molecule has 1 atom stereocenters. The largest absolute Gasteiger partial charge is 0.339 e. The van der Waals surface area contributed by atoms with Gasteiger partial charge in [0.1, 0.15) is 11.0 Å². The number of aromatic nitrogens is 1. The molecule has 0 bridgehead atoms. The molecule has 4 rings (SSSR count). The molecule has 1 unspecified atom stereocenters. The van der Waals surface area contributed by atoms with Crippen LogP contribution in [0.25, 0.3) is 10.6 Å². The molecule has 150 valence electrons. The fourth-order valence-electron chi connectivity index (χ4n) is 3.02. The average molecular weight is 434 g/mol. The van der Waals surface area contributed by atoms with Crippen molar-refractivity contribution in [1.29, 1.82) is 0 Å². The van der Waals surface area contributed by atoms with Crippen LogP contribution >= 0.6 is 22.7 Å². The lowest BCUT2D eigenvalue weighted by Gasteiger charge is -2.18. The van der Waals surface area contributed by atoms with Crippen LogP contribution in [0.2, 0.25) is 0 Å². The standard InChI is InChI=1S/C23H19N3O2S2/c27-21(25-18-9-4-8-17(15-18)23-24-11-13-30-23)19(14-16-6-2-1-3-7-16)26-22(28)20-10-5-12-29-20/h1-13,15,19H,14H2,(H,25,27)(H,26,28). The van der Waals surface area contributed by atoms with Crippen molar-refractivity contribution in [3.05, 3.63) is 94.1 Å². The van der Waals surface area contributed by atoms with Crippen molar-refractivity contribution in [1.82, 2.24) is 10.3 Å². The predicted octanol–water partition coefficient (Wildman–Crippen LogP) is 4.85. The van der Waals surface area contributed by atoms with Gasteiger partial charge in [-0.3, -0.25) is 9.59 Å². The molecular weight excluding hydrogens is 414 g/mol. The third-order valence-corrected chi connectivity index (χ3v) is 6.15. The average Bonchev–Trinajstić information content (AvgIpc) is 3.48. The molecule has 30 heavy (non-hydrogen) atoms. The number of carbonyl (C=O) groups excluding carboxylic acids is 2. The van der Waals surface area contributed by atoms with Crippen molar-refractivity contribution in [2.24, 2.45) is 0 Å². The first-order valence-electron chi connectivity index (χ1n) is 9.38. The number of benzene rings is 2.